The van der Waals surface area contributed by atoms with Crippen LogP contribution in [0.25, 0.3) is 0 Å². The summed E-state index contributed by atoms with van der Waals surface area (Å²) in [6, 6.07) is 8.23. The predicted octanol–water partition coefficient (Wildman–Crippen LogP) is 2.06. The van der Waals surface area contributed by atoms with E-state index in [9.17, 15) is 13.2 Å². The van der Waals surface area contributed by atoms with Gasteiger partial charge in [-0.05, 0) is 37.7 Å². The molecule has 1 aromatic carbocycles. The maximum absolute atomic E-state index is 13.2. The van der Waals surface area contributed by atoms with Crippen molar-refractivity contribution in [1.82, 2.24) is 4.90 Å². The number of hydrogen-bond acceptors (Lipinski definition) is 3. The van der Waals surface area contributed by atoms with Gasteiger partial charge in [-0.1, -0.05) is 36.2 Å². The van der Waals surface area contributed by atoms with Gasteiger partial charge in [-0.2, -0.15) is 0 Å². The van der Waals surface area contributed by atoms with Gasteiger partial charge in [-0.3, -0.25) is 4.79 Å². The molecule has 2 aliphatic heterocycles. The van der Waals surface area contributed by atoms with Crippen molar-refractivity contribution in [3.63, 3.8) is 0 Å². The van der Waals surface area contributed by atoms with Crippen LogP contribution in [-0.2, 0) is 20.0 Å². The van der Waals surface area contributed by atoms with Crippen LogP contribution in [0.5, 0.6) is 0 Å². The van der Waals surface area contributed by atoms with E-state index in [0.717, 1.165) is 24.8 Å². The number of sulfone groups is 1. The number of amides is 1. The normalized spacial score (nSPS) is 30.7. The van der Waals surface area contributed by atoms with E-state index >= 15 is 0 Å². The molecule has 1 saturated carbocycles. The van der Waals surface area contributed by atoms with Crippen LogP contribution < -0.4 is 0 Å². The lowest BCUT2D eigenvalue weighted by Gasteiger charge is -2.43. The minimum absolute atomic E-state index is 0.151. The van der Waals surface area contributed by atoms with Crippen molar-refractivity contribution < 1.29 is 13.2 Å². The fourth-order valence-corrected chi connectivity index (χ4v) is 6.71. The number of aryl methyl sites for hydroxylation is 1. The Labute approximate surface area is 137 Å². The van der Waals surface area contributed by atoms with Crippen molar-refractivity contribution in [2.45, 2.75) is 43.3 Å². The van der Waals surface area contributed by atoms with Gasteiger partial charge < -0.3 is 4.90 Å². The summed E-state index contributed by atoms with van der Waals surface area (Å²) in [5, 5.41) is -0.318. The summed E-state index contributed by atoms with van der Waals surface area (Å²) in [5.74, 6) is 0.602. The maximum Gasteiger partial charge on any atom is 0.233 e. The van der Waals surface area contributed by atoms with Crippen molar-refractivity contribution in [3.8, 4) is 0 Å². The molecule has 0 unspecified atom stereocenters. The first kappa shape index (κ1) is 15.2. The van der Waals surface area contributed by atoms with Crippen molar-refractivity contribution in [2.24, 2.45) is 5.92 Å². The van der Waals surface area contributed by atoms with Crippen LogP contribution in [0, 0.1) is 12.8 Å². The summed E-state index contributed by atoms with van der Waals surface area (Å²) in [6.07, 6.45) is 3.55. The van der Waals surface area contributed by atoms with Gasteiger partial charge >= 0.3 is 0 Å². The molecule has 2 atom stereocenters. The molecule has 23 heavy (non-hydrogen) atoms. The van der Waals surface area contributed by atoms with Crippen LogP contribution in [0.15, 0.2) is 24.3 Å². The molecule has 3 aliphatic rings. The van der Waals surface area contributed by atoms with Crippen LogP contribution in [0.4, 0.5) is 0 Å². The Morgan fingerprint density at radius 2 is 2.04 bits per heavy atom. The molecule has 0 N–H and O–H groups in total. The van der Waals surface area contributed by atoms with Gasteiger partial charge in [-0.15, -0.1) is 0 Å². The molecule has 0 aromatic heterocycles. The molecule has 4 rings (SSSR count). The second-order valence-electron chi connectivity index (χ2n) is 7.47. The lowest BCUT2D eigenvalue weighted by Crippen LogP contribution is -2.51. The number of nitrogens with zero attached hydrogens (tertiary/aromatic N) is 1. The third-order valence-corrected chi connectivity index (χ3v) is 8.35. The molecular formula is C18H23NO3S. The van der Waals surface area contributed by atoms with Crippen LogP contribution >= 0.6 is 0 Å². The summed E-state index contributed by atoms with van der Waals surface area (Å²) in [6.45, 7) is 3.07. The largest absolute Gasteiger partial charge is 0.340 e. The Hall–Kier alpha value is -1.36. The molecule has 1 aliphatic carbocycles. The Balaban J connectivity index is 1.61. The average molecular weight is 333 g/mol. The molecule has 0 radical (unpaired) electrons. The first-order valence-electron chi connectivity index (χ1n) is 8.50. The summed E-state index contributed by atoms with van der Waals surface area (Å²) >= 11 is 0. The van der Waals surface area contributed by atoms with Crippen molar-refractivity contribution in [3.05, 3.63) is 35.4 Å². The standard InChI is InChI=1S/C18H23NO3S/c1-13-4-2-5-15(10-13)18(7-3-8-18)17(20)19-11-14-6-9-23(21,22)16(14)12-19/h2,4-5,10,14,16H,3,6-9,11-12H2,1H3/t14-,16+/m0/s1. The third kappa shape index (κ3) is 2.24. The maximum atomic E-state index is 13.2. The number of rotatable bonds is 2. The van der Waals surface area contributed by atoms with Crippen molar-refractivity contribution in [2.75, 3.05) is 18.8 Å². The highest BCUT2D eigenvalue weighted by atomic mass is 32.2. The quantitative estimate of drug-likeness (QED) is 0.832. The van der Waals surface area contributed by atoms with Crippen LogP contribution in [0.2, 0.25) is 0 Å². The number of fused-ring (bicyclic) bond motifs is 1. The number of carbonyl (C=O) groups excluding carboxylic acids is 1. The second kappa shape index (κ2) is 5.07. The first-order valence-corrected chi connectivity index (χ1v) is 10.2. The molecule has 4 nitrogen and oxygen atoms in total. The van der Waals surface area contributed by atoms with Crippen LogP contribution in [0.1, 0.15) is 36.8 Å². The molecule has 0 bridgehead atoms. The zero-order valence-corrected chi connectivity index (χ0v) is 14.3. The third-order valence-electron chi connectivity index (χ3n) is 6.09. The molecule has 3 fully saturated rings. The summed E-state index contributed by atoms with van der Waals surface area (Å²) in [5.41, 5.74) is 1.87. The number of likely N-dealkylation sites (tertiary alicyclic amines) is 1. The molecule has 2 heterocycles. The Morgan fingerprint density at radius 3 is 2.65 bits per heavy atom. The molecule has 1 aromatic rings. The van der Waals surface area contributed by atoms with Crippen molar-refractivity contribution in [1.29, 1.82) is 0 Å². The first-order chi connectivity index (χ1) is 10.9. The predicted molar refractivity (Wildman–Crippen MR) is 89.0 cm³/mol. The van der Waals surface area contributed by atoms with Gasteiger partial charge in [0.25, 0.3) is 0 Å². The fourth-order valence-electron chi connectivity index (χ4n) is 4.56. The molecule has 0 spiro atoms. The average Bonchev–Trinajstić information content (AvgIpc) is 2.99. The van der Waals surface area contributed by atoms with Crippen LogP contribution in [0.3, 0.4) is 0 Å². The molecule has 1 amide bonds. The minimum Gasteiger partial charge on any atom is -0.340 e. The molecule has 5 heteroatoms. The van der Waals surface area contributed by atoms with Gasteiger partial charge in [-0.25, -0.2) is 8.42 Å². The highest BCUT2D eigenvalue weighted by Crippen LogP contribution is 2.47. The van der Waals surface area contributed by atoms with Gasteiger partial charge in [0.2, 0.25) is 5.91 Å². The van der Waals surface area contributed by atoms with E-state index in [1.807, 2.05) is 24.0 Å². The highest BCUT2D eigenvalue weighted by molar-refractivity contribution is 7.92. The zero-order valence-electron chi connectivity index (χ0n) is 13.5. The van der Waals surface area contributed by atoms with Gasteiger partial charge in [0, 0.05) is 13.1 Å². The lowest BCUT2D eigenvalue weighted by atomic mass is 9.63. The molecule has 2 saturated heterocycles. The SMILES string of the molecule is Cc1cccc(C2(C(=O)N3C[C@@H]4CCS(=O)(=O)[C@@H]4C3)CCC2)c1. The topological polar surface area (TPSA) is 54.5 Å². The Kier molecular flexibility index (Phi) is 3.34. The smallest absolute Gasteiger partial charge is 0.233 e. The van der Waals surface area contributed by atoms with Crippen molar-refractivity contribution >= 4 is 15.7 Å². The summed E-state index contributed by atoms with van der Waals surface area (Å²) < 4.78 is 24.2. The van der Waals surface area contributed by atoms with E-state index in [-0.39, 0.29) is 17.1 Å². The summed E-state index contributed by atoms with van der Waals surface area (Å²) in [4.78, 5) is 15.1. The Bertz CT molecular complexity index is 751. The van der Waals surface area contributed by atoms with Gasteiger partial charge in [0.05, 0.1) is 16.4 Å². The zero-order chi connectivity index (χ0) is 16.2. The lowest BCUT2D eigenvalue weighted by molar-refractivity contribution is -0.140. The minimum atomic E-state index is -2.99. The molecule has 124 valence electrons. The second-order valence-corrected chi connectivity index (χ2v) is 9.81. The van der Waals surface area contributed by atoms with E-state index in [4.69, 9.17) is 0 Å². The summed E-state index contributed by atoms with van der Waals surface area (Å²) in [7, 11) is -2.99. The number of benzene rings is 1. The van der Waals surface area contributed by atoms with Crippen LogP contribution in [-0.4, -0.2) is 43.3 Å². The Morgan fingerprint density at radius 1 is 1.26 bits per heavy atom. The highest BCUT2D eigenvalue weighted by Gasteiger charge is 2.53. The molecular weight excluding hydrogens is 310 g/mol. The fraction of sp³-hybridized carbons (Fsp3) is 0.611. The van der Waals surface area contributed by atoms with E-state index in [0.29, 0.717) is 25.3 Å². The van der Waals surface area contributed by atoms with Gasteiger partial charge in [0.1, 0.15) is 0 Å². The number of hydrogen-bond donors (Lipinski definition) is 0. The van der Waals surface area contributed by atoms with E-state index in [1.54, 1.807) is 0 Å². The van der Waals surface area contributed by atoms with E-state index < -0.39 is 15.3 Å². The van der Waals surface area contributed by atoms with Gasteiger partial charge in [0.15, 0.2) is 9.84 Å². The van der Waals surface area contributed by atoms with E-state index in [1.165, 1.54) is 5.56 Å². The number of carbonyl (C=O) groups is 1. The van der Waals surface area contributed by atoms with E-state index in [2.05, 4.69) is 12.1 Å². The monoisotopic (exact) mass is 333 g/mol.